The van der Waals surface area contributed by atoms with Gasteiger partial charge >= 0.3 is 11.9 Å². The molecule has 0 rings (SSSR count). The zero-order chi connectivity index (χ0) is 34.0. The van der Waals surface area contributed by atoms with Crippen LogP contribution in [-0.2, 0) is 38.7 Å². The Bertz CT molecular complexity index is 788. The van der Waals surface area contributed by atoms with Crippen molar-refractivity contribution >= 4 is 22.1 Å². The van der Waals surface area contributed by atoms with Gasteiger partial charge in [0.25, 0.3) is 10.1 Å². The monoisotopic (exact) mass is 678 g/mol. The lowest BCUT2D eigenvalue weighted by atomic mass is 10.1. The number of hydrogen-bond acceptors (Lipinski definition) is 8. The summed E-state index contributed by atoms with van der Waals surface area (Å²) in [4.78, 5) is 24.3. The fraction of sp³-hybridized carbons (Fsp3) is 0.944. The minimum atomic E-state index is -4.84. The van der Waals surface area contributed by atoms with Crippen molar-refractivity contribution in [3.05, 3.63) is 0 Å². The van der Waals surface area contributed by atoms with Crippen LogP contribution in [0.1, 0.15) is 174 Å². The van der Waals surface area contributed by atoms with Crippen molar-refractivity contribution in [3.63, 3.8) is 0 Å². The van der Waals surface area contributed by atoms with Gasteiger partial charge in [-0.1, -0.05) is 155 Å². The van der Waals surface area contributed by atoms with E-state index in [1.54, 1.807) is 0 Å². The highest BCUT2D eigenvalue weighted by Gasteiger charge is 2.35. The normalized spacial score (nSPS) is 12.3. The number of unbranched alkanes of at least 4 members (excludes halogenated alkanes) is 22. The zero-order valence-electron chi connectivity index (χ0n) is 29.6. The molecule has 9 nitrogen and oxygen atoms in total. The molecule has 1 N–H and O–H groups in total. The molecule has 0 fully saturated rings. The first-order chi connectivity index (χ1) is 22.3. The minimum absolute atomic E-state index is 0.0582. The maximum atomic E-state index is 12.2. The fourth-order valence-electron chi connectivity index (χ4n) is 5.32. The maximum absolute atomic E-state index is 12.2. The van der Waals surface area contributed by atoms with Crippen molar-refractivity contribution in [2.24, 2.45) is 0 Å². The van der Waals surface area contributed by atoms with Crippen LogP contribution < -0.4 is 0 Å². The molecule has 0 heterocycles. The van der Waals surface area contributed by atoms with Crippen LogP contribution in [0.2, 0.25) is 0 Å². The van der Waals surface area contributed by atoms with E-state index in [1.807, 2.05) is 0 Å². The third-order valence-electron chi connectivity index (χ3n) is 8.22. The molecule has 0 spiro atoms. The van der Waals surface area contributed by atoms with E-state index in [9.17, 15) is 22.6 Å². The van der Waals surface area contributed by atoms with Crippen LogP contribution in [0, 0.1) is 0 Å². The SMILES string of the molecule is CCCCCCCCCCCCCCOCCOC(=O)CC(C(=O)OCCOCCCCCCCCCCCCCC)S(=O)(=O)O. The van der Waals surface area contributed by atoms with Gasteiger partial charge in [0, 0.05) is 13.2 Å². The maximum Gasteiger partial charge on any atom is 0.327 e. The second kappa shape index (κ2) is 33.7. The lowest BCUT2D eigenvalue weighted by Crippen LogP contribution is -2.35. The number of ether oxygens (including phenoxy) is 4. The van der Waals surface area contributed by atoms with Crippen LogP contribution in [0.3, 0.4) is 0 Å². The molecular formula is C36H70O9S. The second-order valence-electron chi connectivity index (χ2n) is 12.6. The molecule has 0 radical (unpaired) electrons. The van der Waals surface area contributed by atoms with E-state index in [0.717, 1.165) is 25.7 Å². The highest BCUT2D eigenvalue weighted by atomic mass is 32.2. The topological polar surface area (TPSA) is 125 Å². The highest BCUT2D eigenvalue weighted by Crippen LogP contribution is 2.14. The van der Waals surface area contributed by atoms with Gasteiger partial charge in [-0.15, -0.1) is 0 Å². The van der Waals surface area contributed by atoms with Crippen molar-refractivity contribution < 1.29 is 41.5 Å². The Labute approximate surface area is 282 Å². The molecule has 0 aromatic rings. The van der Waals surface area contributed by atoms with Crippen LogP contribution in [0.25, 0.3) is 0 Å². The van der Waals surface area contributed by atoms with Crippen molar-refractivity contribution in [2.45, 2.75) is 180 Å². The Morgan fingerprint density at radius 2 is 0.804 bits per heavy atom. The largest absolute Gasteiger partial charge is 0.463 e. The van der Waals surface area contributed by atoms with Crippen molar-refractivity contribution in [3.8, 4) is 0 Å². The molecule has 10 heteroatoms. The molecule has 1 atom stereocenters. The lowest BCUT2D eigenvalue weighted by Gasteiger charge is -2.13. The Morgan fingerprint density at radius 3 is 1.15 bits per heavy atom. The number of hydrogen-bond donors (Lipinski definition) is 1. The molecule has 0 aromatic heterocycles. The van der Waals surface area contributed by atoms with Crippen LogP contribution in [-0.4, -0.2) is 69.8 Å². The Hall–Kier alpha value is -1.23. The molecule has 0 bridgehead atoms. The van der Waals surface area contributed by atoms with Gasteiger partial charge in [-0.05, 0) is 12.8 Å². The molecule has 46 heavy (non-hydrogen) atoms. The number of rotatable bonds is 36. The van der Waals surface area contributed by atoms with E-state index in [4.69, 9.17) is 18.9 Å². The van der Waals surface area contributed by atoms with Gasteiger partial charge < -0.3 is 18.9 Å². The van der Waals surface area contributed by atoms with Crippen LogP contribution in [0.4, 0.5) is 0 Å². The Kier molecular flexibility index (Phi) is 32.8. The van der Waals surface area contributed by atoms with Crippen LogP contribution in [0.5, 0.6) is 0 Å². The number of carbonyl (C=O) groups excluding carboxylic acids is 2. The van der Waals surface area contributed by atoms with Gasteiger partial charge in [-0.2, -0.15) is 8.42 Å². The summed E-state index contributed by atoms with van der Waals surface area (Å²) in [5, 5.41) is -2.03. The van der Waals surface area contributed by atoms with Gasteiger partial charge in [-0.25, -0.2) is 0 Å². The first-order valence-electron chi connectivity index (χ1n) is 18.8. The predicted octanol–water partition coefficient (Wildman–Crippen LogP) is 9.15. The van der Waals surface area contributed by atoms with Crippen molar-refractivity contribution in [1.82, 2.24) is 0 Å². The Balaban J connectivity index is 3.75. The Morgan fingerprint density at radius 1 is 0.478 bits per heavy atom. The first-order valence-corrected chi connectivity index (χ1v) is 20.3. The first kappa shape index (κ1) is 44.8. The standard InChI is InChI=1S/C36H70O9S/c1-3-5-7-9-11-13-15-17-19-21-23-25-27-42-29-31-44-35(37)33-34(46(39,40)41)36(38)45-32-30-43-28-26-24-22-20-18-16-14-12-10-8-6-4-2/h34H,3-33H2,1-2H3,(H,39,40,41). The van der Waals surface area contributed by atoms with E-state index in [2.05, 4.69) is 13.8 Å². The molecule has 0 saturated heterocycles. The van der Waals surface area contributed by atoms with E-state index in [1.165, 1.54) is 128 Å². The highest BCUT2D eigenvalue weighted by molar-refractivity contribution is 7.87. The summed E-state index contributed by atoms with van der Waals surface area (Å²) in [5.41, 5.74) is 0. The summed E-state index contributed by atoms with van der Waals surface area (Å²) in [5.74, 6) is -2.12. The van der Waals surface area contributed by atoms with E-state index in [0.29, 0.717) is 13.2 Å². The van der Waals surface area contributed by atoms with Gasteiger partial charge in [0.05, 0.1) is 19.6 Å². The average Bonchev–Trinajstić information content (AvgIpc) is 3.02. The molecule has 0 amide bonds. The summed E-state index contributed by atoms with van der Waals surface area (Å²) in [6, 6.07) is 0. The predicted molar refractivity (Wildman–Crippen MR) is 186 cm³/mol. The van der Waals surface area contributed by atoms with E-state index < -0.39 is 33.7 Å². The summed E-state index contributed by atoms with van der Waals surface area (Å²) in [7, 11) is -4.84. The second-order valence-corrected chi connectivity index (χ2v) is 14.2. The zero-order valence-corrected chi connectivity index (χ0v) is 30.4. The smallest absolute Gasteiger partial charge is 0.327 e. The molecule has 0 aliphatic rings. The van der Waals surface area contributed by atoms with Crippen molar-refractivity contribution in [1.29, 1.82) is 0 Å². The molecular weight excluding hydrogens is 608 g/mol. The summed E-state index contributed by atoms with van der Waals surface area (Å²) in [6.45, 7) is 5.65. The number of esters is 2. The molecule has 0 aliphatic carbocycles. The quantitative estimate of drug-likeness (QED) is 0.0392. The number of carbonyl (C=O) groups is 2. The fourth-order valence-corrected chi connectivity index (χ4v) is 5.98. The molecule has 0 aliphatic heterocycles. The molecule has 274 valence electrons. The van der Waals surface area contributed by atoms with Gasteiger partial charge in [0.1, 0.15) is 13.2 Å². The molecule has 0 aromatic carbocycles. The summed E-state index contributed by atoms with van der Waals surface area (Å²) in [6.07, 6.45) is 29.3. The van der Waals surface area contributed by atoms with Gasteiger partial charge in [-0.3, -0.25) is 14.1 Å². The molecule has 0 saturated carbocycles. The van der Waals surface area contributed by atoms with E-state index in [-0.39, 0.29) is 26.4 Å². The van der Waals surface area contributed by atoms with Crippen molar-refractivity contribution in [2.75, 3.05) is 39.6 Å². The molecule has 1 unspecified atom stereocenters. The summed E-state index contributed by atoms with van der Waals surface area (Å²) < 4.78 is 53.7. The van der Waals surface area contributed by atoms with Gasteiger partial charge in [0.2, 0.25) is 0 Å². The lowest BCUT2D eigenvalue weighted by molar-refractivity contribution is -0.151. The van der Waals surface area contributed by atoms with Crippen LogP contribution in [0.15, 0.2) is 0 Å². The van der Waals surface area contributed by atoms with Crippen LogP contribution >= 0.6 is 0 Å². The van der Waals surface area contributed by atoms with E-state index >= 15 is 0 Å². The third kappa shape index (κ3) is 31.4. The third-order valence-corrected chi connectivity index (χ3v) is 9.30. The summed E-state index contributed by atoms with van der Waals surface area (Å²) >= 11 is 0. The average molecular weight is 679 g/mol. The minimum Gasteiger partial charge on any atom is -0.463 e. The van der Waals surface area contributed by atoms with Gasteiger partial charge in [0.15, 0.2) is 5.25 Å².